The van der Waals surface area contributed by atoms with Crippen molar-refractivity contribution in [1.82, 2.24) is 0 Å². The molecule has 0 spiro atoms. The van der Waals surface area contributed by atoms with Crippen LogP contribution in [-0.4, -0.2) is 89.2 Å². The number of ether oxygens (including phenoxy) is 5. The molecule has 12 nitrogen and oxygen atoms in total. The molecule has 0 amide bonds. The second-order valence-corrected chi connectivity index (χ2v) is 19.2. The van der Waals surface area contributed by atoms with Crippen LogP contribution < -0.4 is 0 Å². The summed E-state index contributed by atoms with van der Waals surface area (Å²) in [6.07, 6.45) is 39.8. The molecule has 1 fully saturated rings. The standard InChI is InChI=1S/C57H100O12/c1-4-7-10-13-16-19-22-24-25-27-30-33-36-39-42-45-51(60)68-55-53(62)52(61)54(56(63)64)69-57(55)66-47-48(67-50(59)44-41-38-35-32-28-21-18-15-12-9-6-3)46-65-49(58)43-40-37-34-31-29-26-23-20-17-14-11-8-5-2/h11,14,20,23-25,48,52-55,57,61-62H,4-10,12-13,15-19,21-22,26-47H2,1-3H3,(H,63,64)/b14-11-,23-20-,25-24-. The summed E-state index contributed by atoms with van der Waals surface area (Å²) in [5, 5.41) is 31.4. The van der Waals surface area contributed by atoms with Crippen molar-refractivity contribution in [3.63, 3.8) is 0 Å². The molecule has 0 saturated carbocycles. The van der Waals surface area contributed by atoms with Gasteiger partial charge in [-0.3, -0.25) is 14.4 Å². The molecule has 0 aromatic carbocycles. The van der Waals surface area contributed by atoms with Crippen LogP contribution in [0.15, 0.2) is 36.5 Å². The van der Waals surface area contributed by atoms with Crippen molar-refractivity contribution in [3.05, 3.63) is 36.5 Å². The zero-order chi connectivity index (χ0) is 50.4. The molecule has 1 rings (SSSR count). The number of aliphatic hydroxyl groups excluding tert-OH is 2. The van der Waals surface area contributed by atoms with Gasteiger partial charge in [0.25, 0.3) is 0 Å². The summed E-state index contributed by atoms with van der Waals surface area (Å²) in [6.45, 7) is 5.89. The Balaban J connectivity index is 2.71. The first kappa shape index (κ1) is 64.0. The predicted molar refractivity (Wildman–Crippen MR) is 276 cm³/mol. The minimum Gasteiger partial charge on any atom is -0.479 e. The molecular weight excluding hydrogens is 877 g/mol. The van der Waals surface area contributed by atoms with E-state index in [9.17, 15) is 34.5 Å². The van der Waals surface area contributed by atoms with E-state index in [2.05, 4.69) is 57.2 Å². The van der Waals surface area contributed by atoms with E-state index in [-0.39, 0.29) is 25.9 Å². The summed E-state index contributed by atoms with van der Waals surface area (Å²) >= 11 is 0. The van der Waals surface area contributed by atoms with E-state index in [0.717, 1.165) is 109 Å². The maximum Gasteiger partial charge on any atom is 0.335 e. The summed E-state index contributed by atoms with van der Waals surface area (Å²) in [5.41, 5.74) is 0. The van der Waals surface area contributed by atoms with Gasteiger partial charge >= 0.3 is 23.9 Å². The number of aliphatic carboxylic acids is 1. The normalized spacial score (nSPS) is 18.9. The number of allylic oxidation sites excluding steroid dienone is 6. The first-order valence-electron chi connectivity index (χ1n) is 28.0. The fourth-order valence-corrected chi connectivity index (χ4v) is 8.34. The Hall–Kier alpha value is -3.06. The second-order valence-electron chi connectivity index (χ2n) is 19.2. The van der Waals surface area contributed by atoms with Gasteiger partial charge in [-0.2, -0.15) is 0 Å². The first-order valence-corrected chi connectivity index (χ1v) is 28.0. The van der Waals surface area contributed by atoms with Crippen molar-refractivity contribution in [2.45, 2.75) is 289 Å². The van der Waals surface area contributed by atoms with Gasteiger partial charge in [-0.05, 0) is 70.6 Å². The van der Waals surface area contributed by atoms with E-state index >= 15 is 0 Å². The van der Waals surface area contributed by atoms with Crippen molar-refractivity contribution >= 4 is 23.9 Å². The number of hydrogen-bond acceptors (Lipinski definition) is 11. The van der Waals surface area contributed by atoms with Crippen molar-refractivity contribution in [2.75, 3.05) is 13.2 Å². The van der Waals surface area contributed by atoms with E-state index in [1.54, 1.807) is 0 Å². The highest BCUT2D eigenvalue weighted by molar-refractivity contribution is 5.74. The van der Waals surface area contributed by atoms with Crippen LogP contribution in [0.1, 0.15) is 252 Å². The highest BCUT2D eigenvalue weighted by Gasteiger charge is 2.50. The number of esters is 3. The van der Waals surface area contributed by atoms with E-state index in [0.29, 0.717) is 19.3 Å². The lowest BCUT2D eigenvalue weighted by atomic mass is 9.98. The van der Waals surface area contributed by atoms with Crippen LogP contribution in [0.25, 0.3) is 0 Å². The van der Waals surface area contributed by atoms with E-state index in [4.69, 9.17) is 23.7 Å². The van der Waals surface area contributed by atoms with Crippen LogP contribution in [0.2, 0.25) is 0 Å². The van der Waals surface area contributed by atoms with Crippen molar-refractivity contribution < 1.29 is 58.2 Å². The highest BCUT2D eigenvalue weighted by atomic mass is 16.7. The van der Waals surface area contributed by atoms with Crippen LogP contribution >= 0.6 is 0 Å². The first-order chi connectivity index (χ1) is 33.6. The summed E-state index contributed by atoms with van der Waals surface area (Å²) in [4.78, 5) is 50.9. The average Bonchev–Trinajstić information content (AvgIpc) is 3.33. The lowest BCUT2D eigenvalue weighted by Crippen LogP contribution is -2.61. The topological polar surface area (TPSA) is 175 Å². The molecule has 0 bridgehead atoms. The fourth-order valence-electron chi connectivity index (χ4n) is 8.34. The molecule has 1 saturated heterocycles. The Morgan fingerprint density at radius 3 is 1.38 bits per heavy atom. The summed E-state index contributed by atoms with van der Waals surface area (Å²) in [5.74, 6) is -3.13. The molecule has 0 radical (unpaired) electrons. The van der Waals surface area contributed by atoms with Gasteiger partial charge in [-0.25, -0.2) is 4.79 Å². The molecular formula is C57H100O12. The van der Waals surface area contributed by atoms with Crippen LogP contribution in [0, 0.1) is 0 Å². The highest BCUT2D eigenvalue weighted by Crippen LogP contribution is 2.26. The lowest BCUT2D eigenvalue weighted by molar-refractivity contribution is -0.301. The van der Waals surface area contributed by atoms with Gasteiger partial charge in [0.05, 0.1) is 6.61 Å². The number of aliphatic hydroxyl groups is 2. The molecule has 1 aliphatic heterocycles. The molecule has 0 aromatic heterocycles. The van der Waals surface area contributed by atoms with Gasteiger partial charge in [-0.1, -0.05) is 198 Å². The third-order valence-electron chi connectivity index (χ3n) is 12.7. The minimum absolute atomic E-state index is 0.0520. The number of carboxylic acids is 1. The van der Waals surface area contributed by atoms with Gasteiger partial charge in [-0.15, -0.1) is 0 Å². The maximum atomic E-state index is 13.1. The monoisotopic (exact) mass is 977 g/mol. The number of unbranched alkanes of at least 4 members (excludes halogenated alkanes) is 27. The third kappa shape index (κ3) is 36.5. The number of rotatable bonds is 47. The Morgan fingerprint density at radius 2 is 0.899 bits per heavy atom. The Morgan fingerprint density at radius 1 is 0.478 bits per heavy atom. The molecule has 1 heterocycles. The minimum atomic E-state index is -1.90. The lowest BCUT2D eigenvalue weighted by Gasteiger charge is -2.40. The fraction of sp³-hybridized carbons (Fsp3) is 0.825. The Kier molecular flexibility index (Phi) is 42.7. The number of carbonyl (C=O) groups is 4. The summed E-state index contributed by atoms with van der Waals surface area (Å²) in [6, 6.07) is 0. The van der Waals surface area contributed by atoms with Crippen LogP contribution in [-0.2, 0) is 42.9 Å². The summed E-state index contributed by atoms with van der Waals surface area (Å²) < 4.78 is 28.3. The molecule has 400 valence electrons. The number of carboxylic acid groups (broad SMARTS) is 1. The van der Waals surface area contributed by atoms with Crippen molar-refractivity contribution in [1.29, 1.82) is 0 Å². The second kappa shape index (κ2) is 46.0. The molecule has 0 aliphatic carbocycles. The molecule has 6 atom stereocenters. The van der Waals surface area contributed by atoms with Crippen molar-refractivity contribution in [3.8, 4) is 0 Å². The van der Waals surface area contributed by atoms with E-state index < -0.39 is 67.3 Å². The van der Waals surface area contributed by atoms with E-state index in [1.807, 2.05) is 0 Å². The zero-order valence-corrected chi connectivity index (χ0v) is 43.8. The molecule has 3 N–H and O–H groups in total. The quantitative estimate of drug-likeness (QED) is 0.0228. The molecule has 0 aromatic rings. The molecule has 1 aliphatic rings. The number of hydrogen-bond donors (Lipinski definition) is 3. The average molecular weight is 977 g/mol. The van der Waals surface area contributed by atoms with Gasteiger partial charge in [0.1, 0.15) is 18.8 Å². The molecule has 69 heavy (non-hydrogen) atoms. The molecule has 6 unspecified atom stereocenters. The van der Waals surface area contributed by atoms with Crippen LogP contribution in [0.4, 0.5) is 0 Å². The smallest absolute Gasteiger partial charge is 0.335 e. The van der Waals surface area contributed by atoms with Crippen LogP contribution in [0.5, 0.6) is 0 Å². The van der Waals surface area contributed by atoms with Crippen LogP contribution in [0.3, 0.4) is 0 Å². The third-order valence-corrected chi connectivity index (χ3v) is 12.7. The van der Waals surface area contributed by atoms with Gasteiger partial charge < -0.3 is 39.0 Å². The van der Waals surface area contributed by atoms with Gasteiger partial charge in [0.15, 0.2) is 24.6 Å². The Labute approximate surface area is 419 Å². The van der Waals surface area contributed by atoms with Gasteiger partial charge in [0, 0.05) is 19.3 Å². The largest absolute Gasteiger partial charge is 0.479 e. The SMILES string of the molecule is CCC/C=C\C/C=C\CCCCCCCC(=O)OCC(COC1OC(C(=O)O)C(O)C(O)C1OC(=O)CCCCCCC/C=C\CCCCCCCC)OC(=O)CCCCCCCCCCCCC. The Bertz CT molecular complexity index is 1350. The maximum absolute atomic E-state index is 13.1. The van der Waals surface area contributed by atoms with Gasteiger partial charge in [0.2, 0.25) is 0 Å². The van der Waals surface area contributed by atoms with Crippen molar-refractivity contribution in [2.24, 2.45) is 0 Å². The summed E-state index contributed by atoms with van der Waals surface area (Å²) in [7, 11) is 0. The predicted octanol–water partition coefficient (Wildman–Crippen LogP) is 13.7. The zero-order valence-electron chi connectivity index (χ0n) is 43.8. The molecule has 12 heteroatoms. The number of carbonyl (C=O) groups excluding carboxylic acids is 3. The van der Waals surface area contributed by atoms with E-state index in [1.165, 1.54) is 83.5 Å².